The number of nitrogens with zero attached hydrogens (tertiary/aromatic N) is 3. The van der Waals surface area contributed by atoms with Crippen LogP contribution in [0.3, 0.4) is 0 Å². The second kappa shape index (κ2) is 7.66. The molecule has 2 heterocycles. The molecule has 20 heavy (non-hydrogen) atoms. The zero-order chi connectivity index (χ0) is 14.4. The van der Waals surface area contributed by atoms with Crippen molar-refractivity contribution in [3.63, 3.8) is 0 Å². The summed E-state index contributed by atoms with van der Waals surface area (Å²) in [6.07, 6.45) is 4.61. The summed E-state index contributed by atoms with van der Waals surface area (Å²) in [6.45, 7) is 2.85. The van der Waals surface area contributed by atoms with Crippen LogP contribution in [0.15, 0.2) is 12.3 Å². The molecule has 1 aromatic heterocycles. The Balaban J connectivity index is 1.83. The van der Waals surface area contributed by atoms with Crippen LogP contribution in [0.1, 0.15) is 24.8 Å². The normalized spacial score (nSPS) is 17.7. The zero-order valence-corrected chi connectivity index (χ0v) is 12.8. The van der Waals surface area contributed by atoms with E-state index in [0.29, 0.717) is 12.1 Å². The molecule has 1 fully saturated rings. The average molecular weight is 343 g/mol. The lowest BCUT2D eigenvalue weighted by Crippen LogP contribution is -2.38. The number of halogens is 1. The van der Waals surface area contributed by atoms with Crippen molar-refractivity contribution in [2.45, 2.75) is 25.4 Å². The number of β-amino-alcohol motifs (C(OH)–C–C–N with tert-alkyl or cyclic N) is 1. The minimum absolute atomic E-state index is 0.155. The first-order chi connectivity index (χ1) is 9.66. The molecule has 2 N–H and O–H groups in total. The fourth-order valence-electron chi connectivity index (χ4n) is 2.26. The Kier molecular flexibility index (Phi) is 5.87. The number of hydrogen-bond acceptors (Lipinski definition) is 6. The van der Waals surface area contributed by atoms with Crippen LogP contribution in [0.4, 0.5) is 0 Å². The lowest BCUT2D eigenvalue weighted by Gasteiger charge is -2.28. The molecule has 1 aliphatic heterocycles. The molecule has 1 unspecified atom stereocenters. The van der Waals surface area contributed by atoms with Crippen LogP contribution in [0.2, 0.25) is 0 Å². The van der Waals surface area contributed by atoms with Crippen LogP contribution >= 0.6 is 15.9 Å². The van der Waals surface area contributed by atoms with E-state index in [1.54, 1.807) is 6.07 Å². The summed E-state index contributed by atoms with van der Waals surface area (Å²) < 4.78 is 5.67. The quantitative estimate of drug-likeness (QED) is 0.764. The maximum Gasteiger partial charge on any atom is 0.243 e. The lowest BCUT2D eigenvalue weighted by molar-refractivity contribution is 0.0598. The molecule has 0 bridgehead atoms. The van der Waals surface area contributed by atoms with E-state index >= 15 is 0 Å². The van der Waals surface area contributed by atoms with E-state index in [9.17, 15) is 5.11 Å². The molecule has 0 amide bonds. The largest absolute Gasteiger partial charge is 0.473 e. The van der Waals surface area contributed by atoms with Gasteiger partial charge in [-0.1, -0.05) is 6.42 Å². The fraction of sp³-hybridized carbons (Fsp3) is 0.615. The van der Waals surface area contributed by atoms with Crippen molar-refractivity contribution in [1.29, 1.82) is 5.41 Å². The van der Waals surface area contributed by atoms with Crippen molar-refractivity contribution in [2.24, 2.45) is 0 Å². The van der Waals surface area contributed by atoms with Gasteiger partial charge in [0.15, 0.2) is 0 Å². The predicted molar refractivity (Wildman–Crippen MR) is 79.6 cm³/mol. The Morgan fingerprint density at radius 3 is 2.90 bits per heavy atom. The summed E-state index contributed by atoms with van der Waals surface area (Å²) in [6, 6.07) is 1.65. The zero-order valence-electron chi connectivity index (χ0n) is 11.3. The summed E-state index contributed by atoms with van der Waals surface area (Å²) in [5.74, 6) is 0.270. The van der Waals surface area contributed by atoms with Gasteiger partial charge in [-0.05, 0) is 47.9 Å². The topological polar surface area (TPSA) is 82.3 Å². The molecule has 0 spiro atoms. The van der Waals surface area contributed by atoms with Gasteiger partial charge in [0.25, 0.3) is 0 Å². The summed E-state index contributed by atoms with van der Waals surface area (Å²) in [5, 5.41) is 25.2. The number of aromatic nitrogens is 2. The number of nitrogens with one attached hydrogen (secondary N) is 1. The standard InChI is InChI=1S/C13H19BrN4O2/c14-12(15)11-4-5-16-17-13(11)20-9-10(19)8-18-6-2-1-3-7-18/h4-5,10,15,19H,1-3,6-9H2. The molecule has 110 valence electrons. The first-order valence-electron chi connectivity index (χ1n) is 6.76. The monoisotopic (exact) mass is 342 g/mol. The maximum absolute atomic E-state index is 10.0. The first kappa shape index (κ1) is 15.3. The van der Waals surface area contributed by atoms with Crippen LogP contribution in [-0.4, -0.2) is 57.2 Å². The molecule has 2 rings (SSSR count). The van der Waals surface area contributed by atoms with Crippen molar-refractivity contribution in [2.75, 3.05) is 26.2 Å². The number of aliphatic hydroxyl groups excluding tert-OH is 1. The summed E-state index contributed by atoms with van der Waals surface area (Å²) >= 11 is 3.08. The summed E-state index contributed by atoms with van der Waals surface area (Å²) in [7, 11) is 0. The third-order valence-electron chi connectivity index (χ3n) is 3.25. The van der Waals surface area contributed by atoms with Crippen LogP contribution in [0.25, 0.3) is 0 Å². The van der Waals surface area contributed by atoms with Crippen molar-refractivity contribution in [1.82, 2.24) is 15.1 Å². The second-order valence-electron chi connectivity index (χ2n) is 4.89. The van der Waals surface area contributed by atoms with E-state index in [1.807, 2.05) is 0 Å². The molecule has 1 atom stereocenters. The Labute approximate surface area is 126 Å². The Hall–Kier alpha value is -1.05. The van der Waals surface area contributed by atoms with E-state index in [1.165, 1.54) is 25.5 Å². The van der Waals surface area contributed by atoms with Crippen molar-refractivity contribution in [3.05, 3.63) is 17.8 Å². The highest BCUT2D eigenvalue weighted by atomic mass is 79.9. The minimum atomic E-state index is -0.563. The first-order valence-corrected chi connectivity index (χ1v) is 7.55. The van der Waals surface area contributed by atoms with Gasteiger partial charge >= 0.3 is 0 Å². The number of likely N-dealkylation sites (tertiary alicyclic amines) is 1. The van der Waals surface area contributed by atoms with Crippen molar-refractivity contribution < 1.29 is 9.84 Å². The third-order valence-corrected chi connectivity index (χ3v) is 3.68. The highest BCUT2D eigenvalue weighted by molar-refractivity contribution is 9.18. The SMILES string of the molecule is N=C(Br)c1ccnnc1OCC(O)CN1CCCCC1. The molecule has 6 nitrogen and oxygen atoms in total. The van der Waals surface area contributed by atoms with Gasteiger partial charge in [-0.3, -0.25) is 5.41 Å². The van der Waals surface area contributed by atoms with E-state index in [2.05, 4.69) is 31.0 Å². The van der Waals surface area contributed by atoms with Crippen LogP contribution < -0.4 is 4.74 Å². The Morgan fingerprint density at radius 2 is 2.20 bits per heavy atom. The number of ether oxygens (including phenoxy) is 1. The molecule has 0 radical (unpaired) electrons. The Morgan fingerprint density at radius 1 is 1.45 bits per heavy atom. The predicted octanol–water partition coefficient (Wildman–Crippen LogP) is 1.42. The smallest absolute Gasteiger partial charge is 0.243 e. The molecule has 7 heteroatoms. The van der Waals surface area contributed by atoms with Gasteiger partial charge in [0, 0.05) is 6.54 Å². The van der Waals surface area contributed by atoms with E-state index in [-0.39, 0.29) is 17.1 Å². The average Bonchev–Trinajstić information content (AvgIpc) is 2.46. The van der Waals surface area contributed by atoms with Gasteiger partial charge in [-0.2, -0.15) is 5.10 Å². The fourth-order valence-corrected chi connectivity index (χ4v) is 2.56. The highest BCUT2D eigenvalue weighted by Gasteiger charge is 2.16. The molecule has 1 saturated heterocycles. The molecule has 1 aliphatic rings. The van der Waals surface area contributed by atoms with Crippen LogP contribution in [0.5, 0.6) is 5.88 Å². The summed E-state index contributed by atoms with van der Waals surface area (Å²) in [5.41, 5.74) is 0.533. The van der Waals surface area contributed by atoms with Crippen LogP contribution in [-0.2, 0) is 0 Å². The number of hydrogen-bond donors (Lipinski definition) is 2. The minimum Gasteiger partial charge on any atom is -0.473 e. The maximum atomic E-state index is 10.0. The molecule has 0 aromatic carbocycles. The van der Waals surface area contributed by atoms with Crippen molar-refractivity contribution >= 4 is 20.6 Å². The number of aliphatic hydroxyl groups is 1. The van der Waals surface area contributed by atoms with E-state index < -0.39 is 6.10 Å². The third kappa shape index (κ3) is 4.50. The molecule has 1 aromatic rings. The second-order valence-corrected chi connectivity index (χ2v) is 5.68. The van der Waals surface area contributed by atoms with E-state index in [0.717, 1.165) is 13.1 Å². The number of rotatable bonds is 6. The van der Waals surface area contributed by atoms with Crippen molar-refractivity contribution in [3.8, 4) is 5.88 Å². The van der Waals surface area contributed by atoms with Gasteiger partial charge in [0.1, 0.15) is 17.3 Å². The number of piperidine rings is 1. The molecule has 0 aliphatic carbocycles. The van der Waals surface area contributed by atoms with E-state index in [4.69, 9.17) is 10.1 Å². The summed E-state index contributed by atoms with van der Waals surface area (Å²) in [4.78, 5) is 2.25. The van der Waals surface area contributed by atoms with Gasteiger partial charge in [-0.25, -0.2) is 0 Å². The van der Waals surface area contributed by atoms with Crippen LogP contribution in [0, 0.1) is 5.41 Å². The van der Waals surface area contributed by atoms with Gasteiger partial charge in [0.05, 0.1) is 11.8 Å². The highest BCUT2D eigenvalue weighted by Crippen LogP contribution is 2.17. The molecule has 0 saturated carbocycles. The molecular weight excluding hydrogens is 324 g/mol. The lowest BCUT2D eigenvalue weighted by atomic mass is 10.1. The van der Waals surface area contributed by atoms with Gasteiger partial charge in [0.2, 0.25) is 5.88 Å². The Bertz CT molecular complexity index is 452. The molecular formula is C13H19BrN4O2. The van der Waals surface area contributed by atoms with Gasteiger partial charge < -0.3 is 14.7 Å². The van der Waals surface area contributed by atoms with Gasteiger partial charge in [-0.15, -0.1) is 5.10 Å².